The van der Waals surface area contributed by atoms with Gasteiger partial charge in [-0.1, -0.05) is 0 Å². The van der Waals surface area contributed by atoms with Crippen LogP contribution in [0.5, 0.6) is 0 Å². The molecule has 2 aliphatic rings. The van der Waals surface area contributed by atoms with Crippen molar-refractivity contribution in [2.45, 2.75) is 31.7 Å². The van der Waals surface area contributed by atoms with Crippen molar-refractivity contribution >= 4 is 12.0 Å². The SMILES string of the molecule is O=C(O)C1CC(O)CN1C(=O)N1CCn2cnnc2C1. The van der Waals surface area contributed by atoms with E-state index in [1.54, 1.807) is 6.33 Å². The molecule has 3 rings (SSSR count). The van der Waals surface area contributed by atoms with Gasteiger partial charge in [-0.3, -0.25) is 0 Å². The van der Waals surface area contributed by atoms with Gasteiger partial charge in [0, 0.05) is 26.1 Å². The highest BCUT2D eigenvalue weighted by Gasteiger charge is 2.41. The van der Waals surface area contributed by atoms with Crippen molar-refractivity contribution in [1.29, 1.82) is 0 Å². The lowest BCUT2D eigenvalue weighted by atomic mass is 10.2. The molecule has 0 spiro atoms. The Bertz CT molecular complexity index is 545. The molecular weight excluding hydrogens is 266 g/mol. The molecule has 1 fully saturated rings. The van der Waals surface area contributed by atoms with Crippen LogP contribution in [-0.4, -0.2) is 72.0 Å². The molecule has 1 aromatic rings. The molecule has 9 heteroatoms. The number of aliphatic hydroxyl groups excluding tert-OH is 1. The number of β-amino-alcohol motifs (C(OH)–C–C–N with tert-alkyl or cyclic N) is 1. The van der Waals surface area contributed by atoms with Crippen molar-refractivity contribution in [3.8, 4) is 0 Å². The molecule has 0 aromatic carbocycles. The second kappa shape index (κ2) is 4.75. The van der Waals surface area contributed by atoms with Gasteiger partial charge >= 0.3 is 12.0 Å². The predicted octanol–water partition coefficient (Wildman–Crippen LogP) is -1.27. The van der Waals surface area contributed by atoms with Crippen LogP contribution in [0.1, 0.15) is 12.2 Å². The average Bonchev–Trinajstić information content (AvgIpc) is 3.02. The summed E-state index contributed by atoms with van der Waals surface area (Å²) in [6.07, 6.45) is 0.899. The molecule has 0 saturated carbocycles. The van der Waals surface area contributed by atoms with E-state index in [2.05, 4.69) is 10.2 Å². The molecule has 2 aliphatic heterocycles. The standard InChI is InChI=1S/C11H15N5O4/c17-7-3-8(10(18)19)16(4-7)11(20)14-1-2-15-6-12-13-9(15)5-14/h6-8,17H,1-5H2,(H,18,19). The van der Waals surface area contributed by atoms with Gasteiger partial charge in [0.15, 0.2) is 5.82 Å². The number of aliphatic carboxylic acids is 1. The molecule has 0 radical (unpaired) electrons. The summed E-state index contributed by atoms with van der Waals surface area (Å²) in [6.45, 7) is 1.42. The van der Waals surface area contributed by atoms with Crippen LogP contribution >= 0.6 is 0 Å². The van der Waals surface area contributed by atoms with Gasteiger partial charge < -0.3 is 24.6 Å². The second-order valence-corrected chi connectivity index (χ2v) is 5.04. The normalized spacial score (nSPS) is 25.6. The van der Waals surface area contributed by atoms with Crippen molar-refractivity contribution in [1.82, 2.24) is 24.6 Å². The Kier molecular flexibility index (Phi) is 3.05. The quantitative estimate of drug-likeness (QED) is 0.664. The summed E-state index contributed by atoms with van der Waals surface area (Å²) < 4.78 is 1.86. The highest BCUT2D eigenvalue weighted by molar-refractivity contribution is 5.83. The lowest BCUT2D eigenvalue weighted by molar-refractivity contribution is -0.141. The number of aliphatic hydroxyl groups is 1. The Labute approximate surface area is 114 Å². The average molecular weight is 281 g/mol. The third kappa shape index (κ3) is 2.09. The number of carboxylic acid groups (broad SMARTS) is 1. The molecule has 3 heterocycles. The molecule has 0 aliphatic carbocycles. The summed E-state index contributed by atoms with van der Waals surface area (Å²) in [5.41, 5.74) is 0. The zero-order chi connectivity index (χ0) is 14.3. The van der Waals surface area contributed by atoms with E-state index in [0.717, 1.165) is 0 Å². The van der Waals surface area contributed by atoms with E-state index in [1.807, 2.05) is 4.57 Å². The van der Waals surface area contributed by atoms with Crippen molar-refractivity contribution in [3.05, 3.63) is 12.2 Å². The van der Waals surface area contributed by atoms with Crippen molar-refractivity contribution in [3.63, 3.8) is 0 Å². The number of hydrogen-bond acceptors (Lipinski definition) is 5. The minimum absolute atomic E-state index is 0.0546. The van der Waals surface area contributed by atoms with Gasteiger partial charge in [0.1, 0.15) is 12.4 Å². The number of nitrogens with zero attached hydrogens (tertiary/aromatic N) is 5. The molecule has 108 valence electrons. The molecule has 1 aromatic heterocycles. The van der Waals surface area contributed by atoms with Gasteiger partial charge in [0.25, 0.3) is 0 Å². The monoisotopic (exact) mass is 281 g/mol. The molecule has 20 heavy (non-hydrogen) atoms. The maximum atomic E-state index is 12.4. The fourth-order valence-corrected chi connectivity index (χ4v) is 2.67. The summed E-state index contributed by atoms with van der Waals surface area (Å²) in [7, 11) is 0. The van der Waals surface area contributed by atoms with Crippen LogP contribution in [0.25, 0.3) is 0 Å². The summed E-state index contributed by atoms with van der Waals surface area (Å²) >= 11 is 0. The Hall–Kier alpha value is -2.16. The first-order valence-electron chi connectivity index (χ1n) is 6.39. The fraction of sp³-hybridized carbons (Fsp3) is 0.636. The minimum Gasteiger partial charge on any atom is -0.480 e. The van der Waals surface area contributed by atoms with E-state index in [0.29, 0.717) is 25.5 Å². The van der Waals surface area contributed by atoms with E-state index in [1.165, 1.54) is 9.80 Å². The van der Waals surface area contributed by atoms with Crippen LogP contribution < -0.4 is 0 Å². The van der Waals surface area contributed by atoms with Gasteiger partial charge in [0.2, 0.25) is 0 Å². The van der Waals surface area contributed by atoms with Gasteiger partial charge in [0.05, 0.1) is 12.6 Å². The van der Waals surface area contributed by atoms with Gasteiger partial charge in [-0.05, 0) is 0 Å². The van der Waals surface area contributed by atoms with Crippen LogP contribution in [0.15, 0.2) is 6.33 Å². The van der Waals surface area contributed by atoms with Gasteiger partial charge in [-0.15, -0.1) is 10.2 Å². The van der Waals surface area contributed by atoms with Crippen LogP contribution in [0.3, 0.4) is 0 Å². The number of urea groups is 1. The van der Waals surface area contributed by atoms with E-state index in [4.69, 9.17) is 5.11 Å². The Morgan fingerprint density at radius 3 is 2.90 bits per heavy atom. The number of fused-ring (bicyclic) bond motifs is 1. The van der Waals surface area contributed by atoms with Gasteiger partial charge in [-0.2, -0.15) is 0 Å². The highest BCUT2D eigenvalue weighted by Crippen LogP contribution is 2.21. The summed E-state index contributed by atoms with van der Waals surface area (Å²) in [5, 5.41) is 26.4. The Morgan fingerprint density at radius 1 is 1.35 bits per heavy atom. The summed E-state index contributed by atoms with van der Waals surface area (Å²) in [4.78, 5) is 26.3. The summed E-state index contributed by atoms with van der Waals surface area (Å²) in [5.74, 6) is -0.411. The number of carbonyl (C=O) groups is 2. The second-order valence-electron chi connectivity index (χ2n) is 5.04. The zero-order valence-electron chi connectivity index (χ0n) is 10.7. The first-order chi connectivity index (χ1) is 9.56. The first-order valence-corrected chi connectivity index (χ1v) is 6.39. The lowest BCUT2D eigenvalue weighted by Crippen LogP contribution is -2.50. The number of likely N-dealkylation sites (tertiary alicyclic amines) is 1. The molecule has 2 amide bonds. The van der Waals surface area contributed by atoms with Crippen molar-refractivity contribution in [2.24, 2.45) is 0 Å². The number of aromatic nitrogens is 3. The van der Waals surface area contributed by atoms with Gasteiger partial charge in [-0.25, -0.2) is 9.59 Å². The Balaban J connectivity index is 1.74. The third-order valence-electron chi connectivity index (χ3n) is 3.72. The molecule has 9 nitrogen and oxygen atoms in total. The number of carboxylic acids is 1. The minimum atomic E-state index is -1.09. The highest BCUT2D eigenvalue weighted by atomic mass is 16.4. The van der Waals surface area contributed by atoms with Crippen molar-refractivity contribution < 1.29 is 19.8 Å². The molecule has 2 atom stereocenters. The molecule has 2 N–H and O–H groups in total. The smallest absolute Gasteiger partial charge is 0.326 e. The summed E-state index contributed by atoms with van der Waals surface area (Å²) in [6, 6.07) is -1.33. The molecule has 1 saturated heterocycles. The zero-order valence-corrected chi connectivity index (χ0v) is 10.7. The first kappa shape index (κ1) is 12.9. The van der Waals surface area contributed by atoms with E-state index >= 15 is 0 Å². The number of amides is 2. The van der Waals surface area contributed by atoms with Crippen LogP contribution in [0.4, 0.5) is 4.79 Å². The maximum Gasteiger partial charge on any atom is 0.326 e. The number of carbonyl (C=O) groups excluding carboxylic acids is 1. The van der Waals surface area contributed by atoms with Crippen LogP contribution in [0.2, 0.25) is 0 Å². The fourth-order valence-electron chi connectivity index (χ4n) is 2.67. The topological polar surface area (TPSA) is 112 Å². The lowest BCUT2D eigenvalue weighted by Gasteiger charge is -2.32. The largest absolute Gasteiger partial charge is 0.480 e. The number of rotatable bonds is 1. The molecule has 0 bridgehead atoms. The third-order valence-corrected chi connectivity index (χ3v) is 3.72. The molecular formula is C11H15N5O4. The Morgan fingerprint density at radius 2 is 2.15 bits per heavy atom. The van der Waals surface area contributed by atoms with Crippen molar-refractivity contribution in [2.75, 3.05) is 13.1 Å². The van der Waals surface area contributed by atoms with E-state index in [9.17, 15) is 14.7 Å². The predicted molar refractivity (Wildman–Crippen MR) is 64.6 cm³/mol. The van der Waals surface area contributed by atoms with E-state index < -0.39 is 18.1 Å². The van der Waals surface area contributed by atoms with Crippen LogP contribution in [0, 0.1) is 0 Å². The molecule has 2 unspecified atom stereocenters. The van der Waals surface area contributed by atoms with E-state index in [-0.39, 0.29) is 19.0 Å². The number of hydrogen-bond donors (Lipinski definition) is 2. The maximum absolute atomic E-state index is 12.4. The van der Waals surface area contributed by atoms with Crippen LogP contribution in [-0.2, 0) is 17.9 Å².